The summed E-state index contributed by atoms with van der Waals surface area (Å²) in [6.45, 7) is 0.730. The SMILES string of the molecule is O=C(NO)c1cnc(N2C[C@@H]3C[C@H]2CN3c2cccc(S(F)(F)(F)(F)F)c2)nc1. The molecule has 2 atom stereocenters. The zero-order valence-electron chi connectivity index (χ0n) is 14.7. The van der Waals surface area contributed by atoms with Gasteiger partial charge in [-0.3, -0.25) is 10.0 Å². The van der Waals surface area contributed by atoms with Crippen LogP contribution < -0.4 is 15.3 Å². The van der Waals surface area contributed by atoms with Crippen molar-refractivity contribution in [3.8, 4) is 0 Å². The van der Waals surface area contributed by atoms with Gasteiger partial charge < -0.3 is 9.80 Å². The van der Waals surface area contributed by atoms with Crippen molar-refractivity contribution in [1.82, 2.24) is 15.4 Å². The van der Waals surface area contributed by atoms with Crippen molar-refractivity contribution < 1.29 is 29.4 Å². The summed E-state index contributed by atoms with van der Waals surface area (Å²) in [5.41, 5.74) is 1.63. The van der Waals surface area contributed by atoms with Gasteiger partial charge in [0, 0.05) is 37.2 Å². The summed E-state index contributed by atoms with van der Waals surface area (Å²) in [5, 5.41) is 8.61. The summed E-state index contributed by atoms with van der Waals surface area (Å²) < 4.78 is 65.6. The van der Waals surface area contributed by atoms with Gasteiger partial charge in [-0.2, -0.15) is 0 Å². The Morgan fingerprint density at radius 1 is 1.07 bits per heavy atom. The number of hydroxylamine groups is 1. The predicted molar refractivity (Wildman–Crippen MR) is 96.0 cm³/mol. The number of halogens is 5. The standard InChI is InChI=1S/C16H16F5N5O2S/c17-29(18,19,20,21)14-3-1-2-11(5-14)25-8-13-4-12(25)9-26(13)16-22-6-10(7-23-16)15(27)24-28/h1-3,5-7,12-13,28H,4,8-9H2,(H,24,27)/t12-,13-/m0/s1. The van der Waals surface area contributed by atoms with Crippen LogP contribution in [0.15, 0.2) is 41.6 Å². The molecule has 0 aliphatic carbocycles. The van der Waals surface area contributed by atoms with Crippen molar-refractivity contribution in [3.63, 3.8) is 0 Å². The topological polar surface area (TPSA) is 81.6 Å². The Kier molecular flexibility index (Phi) is 3.85. The molecule has 158 valence electrons. The number of carbonyl (C=O) groups excluding carboxylic acids is 1. The minimum atomic E-state index is -9.74. The molecule has 2 aliphatic rings. The van der Waals surface area contributed by atoms with Crippen molar-refractivity contribution in [3.05, 3.63) is 42.2 Å². The molecule has 2 aromatic rings. The summed E-state index contributed by atoms with van der Waals surface area (Å²) >= 11 is 0. The number of hydrogen-bond acceptors (Lipinski definition) is 6. The molecule has 2 saturated heterocycles. The molecule has 1 amide bonds. The van der Waals surface area contributed by atoms with Gasteiger partial charge in [0.1, 0.15) is 4.90 Å². The van der Waals surface area contributed by atoms with E-state index >= 15 is 0 Å². The van der Waals surface area contributed by atoms with E-state index in [4.69, 9.17) is 5.21 Å². The lowest BCUT2D eigenvalue weighted by Crippen LogP contribution is -2.47. The number of piperazine rings is 1. The third kappa shape index (κ3) is 3.67. The van der Waals surface area contributed by atoms with Gasteiger partial charge in [0.25, 0.3) is 5.91 Å². The maximum absolute atomic E-state index is 13.1. The van der Waals surface area contributed by atoms with Crippen LogP contribution in [0.25, 0.3) is 0 Å². The van der Waals surface area contributed by atoms with E-state index in [0.29, 0.717) is 37.6 Å². The number of hydrogen-bond donors (Lipinski definition) is 2. The highest BCUT2D eigenvalue weighted by Crippen LogP contribution is 3.02. The molecule has 1 aromatic heterocycles. The largest absolute Gasteiger partial charge is 0.365 e. The molecule has 1 aromatic carbocycles. The van der Waals surface area contributed by atoms with Gasteiger partial charge in [0.2, 0.25) is 5.95 Å². The molecule has 2 aliphatic heterocycles. The minimum absolute atomic E-state index is 0.0649. The summed E-state index contributed by atoms with van der Waals surface area (Å²) in [4.78, 5) is 21.1. The van der Waals surface area contributed by atoms with Gasteiger partial charge in [0.05, 0.1) is 11.6 Å². The van der Waals surface area contributed by atoms with Crippen molar-refractivity contribution in [2.75, 3.05) is 22.9 Å². The third-order valence-electron chi connectivity index (χ3n) is 5.09. The van der Waals surface area contributed by atoms with Crippen LogP contribution in [0, 0.1) is 0 Å². The fraction of sp³-hybridized carbons (Fsp3) is 0.312. The van der Waals surface area contributed by atoms with Gasteiger partial charge in [-0.15, -0.1) is 0 Å². The molecule has 13 heteroatoms. The zero-order valence-corrected chi connectivity index (χ0v) is 15.5. The Labute approximate surface area is 161 Å². The summed E-state index contributed by atoms with van der Waals surface area (Å²) in [6.07, 6.45) is 3.11. The number of rotatable bonds is 4. The van der Waals surface area contributed by atoms with Gasteiger partial charge in [-0.05, 0) is 24.6 Å². The van der Waals surface area contributed by atoms with Crippen molar-refractivity contribution in [2.24, 2.45) is 0 Å². The molecule has 3 heterocycles. The van der Waals surface area contributed by atoms with Crippen LogP contribution in [-0.2, 0) is 0 Å². The Hall–Kier alpha value is -2.67. The molecule has 0 saturated carbocycles. The predicted octanol–water partition coefficient (Wildman–Crippen LogP) is 3.72. The highest BCUT2D eigenvalue weighted by Gasteiger charge is 2.65. The van der Waals surface area contributed by atoms with Crippen molar-refractivity contribution in [2.45, 2.75) is 23.4 Å². The molecule has 4 rings (SSSR count). The molecule has 0 unspecified atom stereocenters. The fourth-order valence-electron chi connectivity index (χ4n) is 3.78. The number of fused-ring (bicyclic) bond motifs is 2. The van der Waals surface area contributed by atoms with Crippen molar-refractivity contribution >= 4 is 27.8 Å². The number of carbonyl (C=O) groups is 1. The average molecular weight is 437 g/mol. The van der Waals surface area contributed by atoms with E-state index in [1.807, 2.05) is 4.90 Å². The molecule has 29 heavy (non-hydrogen) atoms. The Bertz CT molecular complexity index is 973. The number of benzene rings is 1. The summed E-state index contributed by atoms with van der Waals surface area (Å²) in [5.74, 6) is -0.415. The molecule has 7 nitrogen and oxygen atoms in total. The van der Waals surface area contributed by atoms with Gasteiger partial charge in [-0.1, -0.05) is 25.5 Å². The van der Waals surface area contributed by atoms with Crippen LogP contribution in [0.5, 0.6) is 0 Å². The maximum Gasteiger partial charge on any atom is 0.310 e. The number of aromatic nitrogens is 2. The highest BCUT2D eigenvalue weighted by atomic mass is 32.5. The number of nitrogens with zero attached hydrogens (tertiary/aromatic N) is 4. The molecule has 0 radical (unpaired) electrons. The van der Waals surface area contributed by atoms with Crippen LogP contribution in [-0.4, -0.2) is 46.3 Å². The lowest BCUT2D eigenvalue weighted by atomic mass is 10.2. The van der Waals surface area contributed by atoms with E-state index in [1.54, 1.807) is 4.90 Å². The molecule has 2 N–H and O–H groups in total. The zero-order chi connectivity index (χ0) is 21.1. The van der Waals surface area contributed by atoms with E-state index < -0.39 is 21.0 Å². The quantitative estimate of drug-likeness (QED) is 0.431. The van der Waals surface area contributed by atoms with Crippen LogP contribution in [0.4, 0.5) is 31.1 Å². The van der Waals surface area contributed by atoms with Crippen LogP contribution in [0.1, 0.15) is 16.8 Å². The van der Waals surface area contributed by atoms with E-state index in [1.165, 1.54) is 23.9 Å². The van der Waals surface area contributed by atoms with Crippen LogP contribution >= 0.6 is 10.2 Å². The van der Waals surface area contributed by atoms with Gasteiger partial charge in [0.15, 0.2) is 0 Å². The fourth-order valence-corrected chi connectivity index (χ4v) is 4.46. The lowest BCUT2D eigenvalue weighted by molar-refractivity contribution is 0.0705. The Morgan fingerprint density at radius 3 is 2.24 bits per heavy atom. The van der Waals surface area contributed by atoms with E-state index in [-0.39, 0.29) is 23.3 Å². The van der Waals surface area contributed by atoms with Gasteiger partial charge >= 0.3 is 10.2 Å². The average Bonchev–Trinajstić information content (AvgIpc) is 3.27. The highest BCUT2D eigenvalue weighted by molar-refractivity contribution is 8.45. The normalized spacial score (nSPS) is 23.7. The molecule has 0 spiro atoms. The van der Waals surface area contributed by atoms with Crippen LogP contribution in [0.2, 0.25) is 0 Å². The Morgan fingerprint density at radius 2 is 1.69 bits per heavy atom. The summed E-state index contributed by atoms with van der Waals surface area (Å²) in [7, 11) is -9.74. The Balaban J connectivity index is 1.52. The monoisotopic (exact) mass is 437 g/mol. The second-order valence-electron chi connectivity index (χ2n) is 7.03. The first kappa shape index (κ1) is 19.6. The number of anilines is 2. The van der Waals surface area contributed by atoms with E-state index in [0.717, 1.165) is 6.07 Å². The maximum atomic E-state index is 13.1. The van der Waals surface area contributed by atoms with Gasteiger partial charge in [-0.25, -0.2) is 15.4 Å². The number of nitrogens with one attached hydrogen (secondary N) is 1. The first-order chi connectivity index (χ1) is 13.4. The third-order valence-corrected chi connectivity index (χ3v) is 6.24. The second-order valence-corrected chi connectivity index (χ2v) is 9.44. The van der Waals surface area contributed by atoms with Crippen molar-refractivity contribution in [1.29, 1.82) is 0 Å². The smallest absolute Gasteiger partial charge is 0.310 e. The molecule has 2 fully saturated rings. The first-order valence-electron chi connectivity index (χ1n) is 8.49. The van der Waals surface area contributed by atoms with Crippen LogP contribution in [0.3, 0.4) is 0 Å². The molecular formula is C16H16F5N5O2S. The second kappa shape index (κ2) is 5.69. The number of amides is 1. The van der Waals surface area contributed by atoms with E-state index in [9.17, 15) is 24.2 Å². The lowest BCUT2D eigenvalue weighted by Gasteiger charge is -2.41. The minimum Gasteiger partial charge on any atom is -0.365 e. The van der Waals surface area contributed by atoms with E-state index in [2.05, 4.69) is 9.97 Å². The first-order valence-corrected chi connectivity index (χ1v) is 10.4. The molecular weight excluding hydrogens is 421 g/mol. The summed E-state index contributed by atoms with van der Waals surface area (Å²) in [6, 6.07) is 2.98. The molecule has 2 bridgehead atoms.